The van der Waals surface area contributed by atoms with E-state index in [2.05, 4.69) is 23.1 Å². The highest BCUT2D eigenvalue weighted by molar-refractivity contribution is 6.31. The van der Waals surface area contributed by atoms with Gasteiger partial charge in [-0.15, -0.1) is 0 Å². The summed E-state index contributed by atoms with van der Waals surface area (Å²) in [7, 11) is 1.57. The van der Waals surface area contributed by atoms with Gasteiger partial charge in [-0.1, -0.05) is 23.7 Å². The molecular formula is C21H23ClN2O3. The molecule has 0 aromatic heterocycles. The highest BCUT2D eigenvalue weighted by Crippen LogP contribution is 2.27. The molecule has 0 atom stereocenters. The number of piperazine rings is 1. The van der Waals surface area contributed by atoms with Crippen LogP contribution in [0.15, 0.2) is 36.4 Å². The molecule has 1 amide bonds. The molecule has 2 aromatic rings. The van der Waals surface area contributed by atoms with Crippen molar-refractivity contribution < 1.29 is 14.3 Å². The number of ether oxygens (including phenoxy) is 2. The second-order valence-electron chi connectivity index (χ2n) is 6.95. The molecule has 0 unspecified atom stereocenters. The SMILES string of the molecule is COc1ccc(Cl)cc1C(=O)N1CCN(Cc2ccc3c(c2)CCO3)CC1. The molecule has 142 valence electrons. The average Bonchev–Trinajstić information content (AvgIpc) is 3.16. The first kappa shape index (κ1) is 18.1. The van der Waals surface area contributed by atoms with Crippen molar-refractivity contribution >= 4 is 17.5 Å². The van der Waals surface area contributed by atoms with E-state index in [0.29, 0.717) is 29.4 Å². The van der Waals surface area contributed by atoms with Crippen LogP contribution < -0.4 is 9.47 Å². The van der Waals surface area contributed by atoms with Crippen molar-refractivity contribution in [1.82, 2.24) is 9.80 Å². The van der Waals surface area contributed by atoms with Crippen molar-refractivity contribution in [3.8, 4) is 11.5 Å². The molecule has 4 rings (SSSR count). The van der Waals surface area contributed by atoms with Crippen molar-refractivity contribution in [2.24, 2.45) is 0 Å². The molecule has 1 saturated heterocycles. The minimum absolute atomic E-state index is 0.0244. The van der Waals surface area contributed by atoms with E-state index in [4.69, 9.17) is 21.1 Å². The fourth-order valence-electron chi connectivity index (χ4n) is 3.72. The Labute approximate surface area is 164 Å². The van der Waals surface area contributed by atoms with Gasteiger partial charge in [0.15, 0.2) is 0 Å². The van der Waals surface area contributed by atoms with Crippen LogP contribution in [-0.2, 0) is 13.0 Å². The normalized spacial score (nSPS) is 16.7. The van der Waals surface area contributed by atoms with Gasteiger partial charge in [0.1, 0.15) is 11.5 Å². The third-order valence-electron chi connectivity index (χ3n) is 5.21. The van der Waals surface area contributed by atoms with Gasteiger partial charge in [-0.2, -0.15) is 0 Å². The fourth-order valence-corrected chi connectivity index (χ4v) is 3.90. The van der Waals surface area contributed by atoms with Gasteiger partial charge < -0.3 is 14.4 Å². The lowest BCUT2D eigenvalue weighted by atomic mass is 10.1. The summed E-state index contributed by atoms with van der Waals surface area (Å²) in [4.78, 5) is 17.1. The van der Waals surface area contributed by atoms with E-state index >= 15 is 0 Å². The predicted octanol–water partition coefficient (Wildman–Crippen LogP) is 3.24. The fraction of sp³-hybridized carbons (Fsp3) is 0.381. The van der Waals surface area contributed by atoms with E-state index in [9.17, 15) is 4.79 Å². The molecule has 0 N–H and O–H groups in total. The minimum atomic E-state index is -0.0244. The van der Waals surface area contributed by atoms with Gasteiger partial charge in [0.25, 0.3) is 5.91 Å². The second-order valence-corrected chi connectivity index (χ2v) is 7.39. The molecule has 5 nitrogen and oxygen atoms in total. The zero-order chi connectivity index (χ0) is 18.8. The summed E-state index contributed by atoms with van der Waals surface area (Å²) >= 11 is 6.07. The lowest BCUT2D eigenvalue weighted by molar-refractivity contribution is 0.0625. The van der Waals surface area contributed by atoms with Gasteiger partial charge in [0, 0.05) is 44.2 Å². The summed E-state index contributed by atoms with van der Waals surface area (Å²) in [5.74, 6) is 1.56. The zero-order valence-corrected chi connectivity index (χ0v) is 16.2. The van der Waals surface area contributed by atoms with Crippen molar-refractivity contribution in [2.45, 2.75) is 13.0 Å². The van der Waals surface area contributed by atoms with Gasteiger partial charge in [0.05, 0.1) is 19.3 Å². The first-order chi connectivity index (χ1) is 13.1. The molecule has 27 heavy (non-hydrogen) atoms. The van der Waals surface area contributed by atoms with Crippen molar-refractivity contribution in [1.29, 1.82) is 0 Å². The van der Waals surface area contributed by atoms with Crippen molar-refractivity contribution in [2.75, 3.05) is 39.9 Å². The molecule has 1 fully saturated rings. The maximum atomic E-state index is 12.9. The highest BCUT2D eigenvalue weighted by Gasteiger charge is 2.25. The number of carbonyl (C=O) groups is 1. The Kier molecular flexibility index (Phi) is 5.23. The van der Waals surface area contributed by atoms with Gasteiger partial charge in [0.2, 0.25) is 0 Å². The van der Waals surface area contributed by atoms with Crippen LogP contribution in [0.1, 0.15) is 21.5 Å². The number of hydrogen-bond acceptors (Lipinski definition) is 4. The molecule has 2 aliphatic rings. The van der Waals surface area contributed by atoms with Gasteiger partial charge >= 0.3 is 0 Å². The van der Waals surface area contributed by atoms with Crippen molar-refractivity contribution in [3.63, 3.8) is 0 Å². The number of hydrogen-bond donors (Lipinski definition) is 0. The van der Waals surface area contributed by atoms with Crippen LogP contribution in [-0.4, -0.2) is 55.6 Å². The largest absolute Gasteiger partial charge is 0.496 e. The number of nitrogens with zero attached hydrogens (tertiary/aromatic N) is 2. The molecule has 2 heterocycles. The van der Waals surface area contributed by atoms with E-state index in [0.717, 1.165) is 38.4 Å². The summed E-state index contributed by atoms with van der Waals surface area (Å²) in [6.45, 7) is 4.78. The summed E-state index contributed by atoms with van der Waals surface area (Å²) in [6.07, 6.45) is 0.993. The Morgan fingerprint density at radius 3 is 2.74 bits per heavy atom. The van der Waals surface area contributed by atoms with Gasteiger partial charge in [-0.25, -0.2) is 0 Å². The number of methoxy groups -OCH3 is 1. The van der Waals surface area contributed by atoms with E-state index < -0.39 is 0 Å². The number of fused-ring (bicyclic) bond motifs is 1. The van der Waals surface area contributed by atoms with Crippen LogP contribution in [0.2, 0.25) is 5.02 Å². The van der Waals surface area contributed by atoms with E-state index in [1.165, 1.54) is 11.1 Å². The first-order valence-electron chi connectivity index (χ1n) is 9.24. The Morgan fingerprint density at radius 1 is 1.15 bits per heavy atom. The summed E-state index contributed by atoms with van der Waals surface area (Å²) in [6, 6.07) is 11.6. The third kappa shape index (κ3) is 3.89. The number of rotatable bonds is 4. The molecular weight excluding hydrogens is 364 g/mol. The lowest BCUT2D eigenvalue weighted by Crippen LogP contribution is -2.48. The molecule has 2 aliphatic heterocycles. The second kappa shape index (κ2) is 7.79. The molecule has 0 spiro atoms. The maximum absolute atomic E-state index is 12.9. The maximum Gasteiger partial charge on any atom is 0.257 e. The van der Waals surface area contributed by atoms with E-state index in [1.54, 1.807) is 25.3 Å². The molecule has 2 aromatic carbocycles. The monoisotopic (exact) mass is 386 g/mol. The molecule has 0 radical (unpaired) electrons. The summed E-state index contributed by atoms with van der Waals surface area (Å²) in [5, 5.41) is 0.540. The quantitative estimate of drug-likeness (QED) is 0.809. The lowest BCUT2D eigenvalue weighted by Gasteiger charge is -2.35. The van der Waals surface area contributed by atoms with Gasteiger partial charge in [-0.05, 0) is 35.4 Å². The van der Waals surface area contributed by atoms with E-state index in [-0.39, 0.29) is 5.91 Å². The standard InChI is InChI=1S/C21H23ClN2O3/c1-26-20-5-3-17(22)13-18(20)21(25)24-9-7-23(8-10-24)14-15-2-4-19-16(12-15)6-11-27-19/h2-5,12-13H,6-11,14H2,1H3. The molecule has 0 aliphatic carbocycles. The molecule has 0 bridgehead atoms. The smallest absolute Gasteiger partial charge is 0.257 e. The zero-order valence-electron chi connectivity index (χ0n) is 15.4. The topological polar surface area (TPSA) is 42.0 Å². The summed E-state index contributed by atoms with van der Waals surface area (Å²) in [5.41, 5.74) is 3.13. The van der Waals surface area contributed by atoms with Crippen LogP contribution in [0, 0.1) is 0 Å². The van der Waals surface area contributed by atoms with Crippen LogP contribution in [0.4, 0.5) is 0 Å². The molecule has 6 heteroatoms. The van der Waals surface area contributed by atoms with Crippen LogP contribution in [0.3, 0.4) is 0 Å². The van der Waals surface area contributed by atoms with Crippen molar-refractivity contribution in [3.05, 3.63) is 58.1 Å². The number of halogens is 1. The predicted molar refractivity (Wildman–Crippen MR) is 105 cm³/mol. The van der Waals surface area contributed by atoms with Crippen LogP contribution in [0.25, 0.3) is 0 Å². The average molecular weight is 387 g/mol. The number of amides is 1. The Hall–Kier alpha value is -2.24. The highest BCUT2D eigenvalue weighted by atomic mass is 35.5. The van der Waals surface area contributed by atoms with Crippen LogP contribution >= 0.6 is 11.6 Å². The Balaban J connectivity index is 1.37. The number of benzene rings is 2. The minimum Gasteiger partial charge on any atom is -0.496 e. The van der Waals surface area contributed by atoms with Crippen LogP contribution in [0.5, 0.6) is 11.5 Å². The van der Waals surface area contributed by atoms with Gasteiger partial charge in [-0.3, -0.25) is 9.69 Å². The Morgan fingerprint density at radius 2 is 1.96 bits per heavy atom. The third-order valence-corrected chi connectivity index (χ3v) is 5.45. The van der Waals surface area contributed by atoms with E-state index in [1.807, 2.05) is 4.90 Å². The first-order valence-corrected chi connectivity index (χ1v) is 9.61. The summed E-state index contributed by atoms with van der Waals surface area (Å²) < 4.78 is 10.9. The Bertz CT molecular complexity index is 847. The number of carbonyl (C=O) groups excluding carboxylic acids is 1. The molecule has 0 saturated carbocycles.